The summed E-state index contributed by atoms with van der Waals surface area (Å²) in [5, 5.41) is 11.2. The van der Waals surface area contributed by atoms with Crippen LogP contribution >= 0.6 is 23.2 Å². The number of hydrogen-bond acceptors (Lipinski definition) is 5. The number of H-pyrrole nitrogens is 1. The molecule has 0 spiro atoms. The Bertz CT molecular complexity index is 940. The maximum Gasteiger partial charge on any atom is 0.249 e. The molecule has 6 nitrogen and oxygen atoms in total. The first-order valence-corrected chi connectivity index (χ1v) is 11.8. The zero-order valence-corrected chi connectivity index (χ0v) is 19.6. The number of aromatic nitrogens is 1. The van der Waals surface area contributed by atoms with Crippen molar-refractivity contribution in [1.29, 1.82) is 0 Å². The van der Waals surface area contributed by atoms with Crippen LogP contribution in [0.25, 0.3) is 0 Å². The van der Waals surface area contributed by atoms with Crippen LogP contribution in [-0.4, -0.2) is 32.5 Å². The molecule has 164 valence electrons. The van der Waals surface area contributed by atoms with Gasteiger partial charge >= 0.3 is 0 Å². The van der Waals surface area contributed by atoms with Gasteiger partial charge in [0.2, 0.25) is 5.56 Å². The molecule has 0 saturated carbocycles. The third-order valence-electron chi connectivity index (χ3n) is 5.33. The van der Waals surface area contributed by atoms with Crippen molar-refractivity contribution >= 4 is 40.3 Å². The summed E-state index contributed by atoms with van der Waals surface area (Å²) < 4.78 is 15.7. The van der Waals surface area contributed by atoms with Gasteiger partial charge in [0.25, 0.3) is 0 Å². The number of halogens is 2. The second-order valence-electron chi connectivity index (χ2n) is 8.54. The summed E-state index contributed by atoms with van der Waals surface area (Å²) in [6, 6.07) is 6.21. The molecule has 0 radical (unpaired) electrons. The molecule has 0 bridgehead atoms. The zero-order valence-electron chi connectivity index (χ0n) is 17.2. The highest BCUT2D eigenvalue weighted by atomic mass is 35.5. The largest absolute Gasteiger partial charge is 0.598 e. The summed E-state index contributed by atoms with van der Waals surface area (Å²) in [7, 11) is 0. The number of pyridine rings is 1. The Kier molecular flexibility index (Phi) is 7.30. The molecule has 3 N–H and O–H groups in total. The third kappa shape index (κ3) is 5.45. The lowest BCUT2D eigenvalue weighted by Crippen LogP contribution is -2.45. The lowest BCUT2D eigenvalue weighted by atomic mass is 9.85. The fraction of sp³-hybridized carbons (Fsp3) is 0.476. The number of piperidine rings is 1. The van der Waals surface area contributed by atoms with Crippen LogP contribution < -0.4 is 15.2 Å². The highest BCUT2D eigenvalue weighted by molar-refractivity contribution is 7.90. The van der Waals surface area contributed by atoms with Crippen LogP contribution in [0.3, 0.4) is 0 Å². The summed E-state index contributed by atoms with van der Waals surface area (Å²) in [4.78, 5) is 16.4. The molecule has 2 atom stereocenters. The first kappa shape index (κ1) is 23.3. The lowest BCUT2D eigenvalue weighted by molar-refractivity contribution is 0.317. The van der Waals surface area contributed by atoms with Crippen molar-refractivity contribution in [3.05, 3.63) is 56.4 Å². The van der Waals surface area contributed by atoms with Crippen molar-refractivity contribution < 1.29 is 9.66 Å². The van der Waals surface area contributed by atoms with E-state index in [4.69, 9.17) is 23.2 Å². The minimum absolute atomic E-state index is 0.0323. The predicted molar refractivity (Wildman–Crippen MR) is 124 cm³/mol. The van der Waals surface area contributed by atoms with Gasteiger partial charge in [-0.25, -0.2) is 0 Å². The molecule has 1 aliphatic heterocycles. The summed E-state index contributed by atoms with van der Waals surface area (Å²) in [6.07, 6.45) is 3.24. The summed E-state index contributed by atoms with van der Waals surface area (Å²) in [5.41, 5.74) is 1.35. The molecule has 2 aromatic rings. The normalized spacial score (nSPS) is 17.7. The Labute approximate surface area is 189 Å². The molecule has 30 heavy (non-hydrogen) atoms. The molecule has 0 amide bonds. The van der Waals surface area contributed by atoms with Crippen LogP contribution in [0.5, 0.6) is 5.75 Å². The van der Waals surface area contributed by atoms with E-state index in [1.54, 1.807) is 18.3 Å². The Balaban J connectivity index is 1.84. The molecular weight excluding hydrogens is 445 g/mol. The van der Waals surface area contributed by atoms with Gasteiger partial charge in [-0.3, -0.25) is 4.79 Å². The van der Waals surface area contributed by atoms with E-state index in [9.17, 15) is 14.5 Å². The first-order valence-electron chi connectivity index (χ1n) is 9.86. The van der Waals surface area contributed by atoms with E-state index in [1.165, 1.54) is 6.07 Å². The Hall–Kier alpha value is -1.38. The summed E-state index contributed by atoms with van der Waals surface area (Å²) >= 11 is 10.9. The van der Waals surface area contributed by atoms with Gasteiger partial charge in [0.1, 0.15) is 10.5 Å². The fourth-order valence-electron chi connectivity index (χ4n) is 3.63. The lowest BCUT2D eigenvalue weighted by Gasteiger charge is -2.38. The number of aromatic hydroxyl groups is 1. The molecule has 0 aliphatic carbocycles. The SMILES string of the molecule is CC(C)(C)[S+]([O-])NC(c1cc(Cl)c(Cl)cc1O)C1CCN(c2cc[nH]c(=O)c2)CC1. The van der Waals surface area contributed by atoms with Gasteiger partial charge < -0.3 is 19.5 Å². The molecule has 3 rings (SSSR count). The smallest absolute Gasteiger partial charge is 0.249 e. The van der Waals surface area contributed by atoms with Crippen molar-refractivity contribution in [2.45, 2.75) is 44.4 Å². The quantitative estimate of drug-likeness (QED) is 0.562. The maximum atomic E-state index is 12.9. The third-order valence-corrected chi connectivity index (χ3v) is 7.63. The number of rotatable bonds is 5. The number of phenolic OH excluding ortho intramolecular Hbond substituents is 1. The number of nitrogens with one attached hydrogen (secondary N) is 2. The number of hydrogen-bond donors (Lipinski definition) is 3. The minimum atomic E-state index is -1.33. The number of aromatic amines is 1. The highest BCUT2D eigenvalue weighted by Gasteiger charge is 2.36. The predicted octanol–water partition coefficient (Wildman–Crippen LogP) is 4.40. The van der Waals surface area contributed by atoms with E-state index in [1.807, 2.05) is 26.8 Å². The minimum Gasteiger partial charge on any atom is -0.598 e. The van der Waals surface area contributed by atoms with Crippen molar-refractivity contribution in [2.75, 3.05) is 18.0 Å². The second-order valence-corrected chi connectivity index (χ2v) is 11.3. The topological polar surface area (TPSA) is 91.4 Å². The van der Waals surface area contributed by atoms with Crippen LogP contribution in [0.15, 0.2) is 35.3 Å². The maximum absolute atomic E-state index is 12.9. The van der Waals surface area contributed by atoms with Crippen LogP contribution in [0.1, 0.15) is 45.2 Å². The van der Waals surface area contributed by atoms with E-state index < -0.39 is 16.1 Å². The van der Waals surface area contributed by atoms with Gasteiger partial charge in [0.05, 0.1) is 16.1 Å². The van der Waals surface area contributed by atoms with Gasteiger partial charge in [-0.05, 0) is 51.7 Å². The monoisotopic (exact) mass is 471 g/mol. The molecule has 2 heterocycles. The summed E-state index contributed by atoms with van der Waals surface area (Å²) in [6.45, 7) is 7.19. The Morgan fingerprint density at radius 2 is 1.87 bits per heavy atom. The molecular formula is C21H27Cl2N3O3S. The van der Waals surface area contributed by atoms with Crippen LogP contribution in [0.2, 0.25) is 10.0 Å². The number of nitrogens with zero attached hydrogens (tertiary/aromatic N) is 1. The molecule has 1 aliphatic rings. The number of benzene rings is 1. The van der Waals surface area contributed by atoms with E-state index in [0.29, 0.717) is 10.6 Å². The Morgan fingerprint density at radius 1 is 1.23 bits per heavy atom. The standard InChI is InChI=1S/C21H27Cl2N3O3S/c1-21(2,3)30(29)25-20(15-11-16(22)17(23)12-18(15)27)13-5-8-26(9-6-13)14-4-7-24-19(28)10-14/h4,7,10-13,20,25,27H,5-6,8-9H2,1-3H3,(H,24,28). The van der Waals surface area contributed by atoms with Crippen molar-refractivity contribution in [3.63, 3.8) is 0 Å². The molecule has 1 aromatic heterocycles. The van der Waals surface area contributed by atoms with Crippen molar-refractivity contribution in [1.82, 2.24) is 9.71 Å². The number of phenols is 1. The van der Waals surface area contributed by atoms with Gasteiger partial charge in [-0.1, -0.05) is 23.2 Å². The second kappa shape index (κ2) is 9.40. The van der Waals surface area contributed by atoms with E-state index in [-0.39, 0.29) is 28.3 Å². The molecule has 1 fully saturated rings. The molecule has 9 heteroatoms. The fourth-order valence-corrected chi connectivity index (χ4v) is 4.86. The molecule has 1 saturated heterocycles. The van der Waals surface area contributed by atoms with Gasteiger partial charge in [-0.15, -0.1) is 4.72 Å². The van der Waals surface area contributed by atoms with Crippen molar-refractivity contribution in [2.24, 2.45) is 5.92 Å². The Morgan fingerprint density at radius 3 is 2.47 bits per heavy atom. The zero-order chi connectivity index (χ0) is 22.1. The van der Waals surface area contributed by atoms with Crippen LogP contribution in [-0.2, 0) is 11.4 Å². The van der Waals surface area contributed by atoms with Gasteiger partial charge in [0.15, 0.2) is 0 Å². The van der Waals surface area contributed by atoms with Crippen molar-refractivity contribution in [3.8, 4) is 5.75 Å². The molecule has 2 unspecified atom stereocenters. The highest BCUT2D eigenvalue weighted by Crippen LogP contribution is 2.40. The average molecular weight is 472 g/mol. The van der Waals surface area contributed by atoms with Gasteiger partial charge in [-0.2, -0.15) is 0 Å². The van der Waals surface area contributed by atoms with E-state index in [2.05, 4.69) is 14.6 Å². The first-order chi connectivity index (χ1) is 14.1. The van der Waals surface area contributed by atoms with E-state index >= 15 is 0 Å². The van der Waals surface area contributed by atoms with Crippen LogP contribution in [0, 0.1) is 5.92 Å². The average Bonchev–Trinajstić information content (AvgIpc) is 2.68. The number of anilines is 1. The summed E-state index contributed by atoms with van der Waals surface area (Å²) in [5.74, 6) is 0.155. The molecule has 1 aromatic carbocycles. The van der Waals surface area contributed by atoms with Crippen LogP contribution in [0.4, 0.5) is 5.69 Å². The van der Waals surface area contributed by atoms with Gasteiger partial charge in [0, 0.05) is 54.0 Å². The van der Waals surface area contributed by atoms with E-state index in [0.717, 1.165) is 31.6 Å².